The molecule has 3 nitrogen and oxygen atoms in total. The maximum atomic E-state index is 10.7. The van der Waals surface area contributed by atoms with Crippen LogP contribution in [0.2, 0.25) is 0 Å². The van der Waals surface area contributed by atoms with Crippen LogP contribution in [-0.2, 0) is 4.79 Å². The third-order valence-electron chi connectivity index (χ3n) is 1.76. The molecular weight excluding hydrogens is 128 g/mol. The molecule has 58 valence electrons. The van der Waals surface area contributed by atoms with Crippen LogP contribution in [0.3, 0.4) is 0 Å². The van der Waals surface area contributed by atoms with E-state index in [0.29, 0.717) is 12.5 Å². The van der Waals surface area contributed by atoms with Gasteiger partial charge in [-0.25, -0.2) is 0 Å². The molecule has 1 fully saturated rings. The van der Waals surface area contributed by atoms with Gasteiger partial charge >= 0.3 is 0 Å². The lowest BCUT2D eigenvalue weighted by Crippen LogP contribution is -2.45. The van der Waals surface area contributed by atoms with Crippen LogP contribution in [0.4, 0.5) is 0 Å². The second-order valence-corrected chi connectivity index (χ2v) is 2.60. The van der Waals surface area contributed by atoms with E-state index in [1.54, 1.807) is 0 Å². The second-order valence-electron chi connectivity index (χ2n) is 2.60. The number of likely N-dealkylation sites (N-methyl/N-ethyl adjacent to an activating group) is 1. The van der Waals surface area contributed by atoms with Gasteiger partial charge in [-0.05, 0) is 13.0 Å². The van der Waals surface area contributed by atoms with Crippen molar-refractivity contribution < 1.29 is 4.79 Å². The van der Waals surface area contributed by atoms with E-state index in [0.717, 1.165) is 19.5 Å². The molecule has 0 aromatic heterocycles. The zero-order valence-electron chi connectivity index (χ0n) is 6.31. The Hall–Kier alpha value is -0.570. The van der Waals surface area contributed by atoms with Gasteiger partial charge < -0.3 is 10.6 Å². The number of rotatable bonds is 2. The lowest BCUT2D eigenvalue weighted by Gasteiger charge is -2.22. The highest BCUT2D eigenvalue weighted by Gasteiger charge is 2.15. The minimum absolute atomic E-state index is 0.189. The number of hydrogen-bond donors (Lipinski definition) is 2. The van der Waals surface area contributed by atoms with Crippen molar-refractivity contribution in [2.45, 2.75) is 25.8 Å². The Morgan fingerprint density at radius 3 is 3.10 bits per heavy atom. The number of amides is 1. The maximum Gasteiger partial charge on any atom is 0.220 e. The first-order valence-corrected chi connectivity index (χ1v) is 3.83. The third kappa shape index (κ3) is 1.99. The van der Waals surface area contributed by atoms with Crippen molar-refractivity contribution in [2.24, 2.45) is 0 Å². The Balaban J connectivity index is 2.19. The Bertz CT molecular complexity index is 115. The molecule has 0 saturated carbocycles. The van der Waals surface area contributed by atoms with Crippen molar-refractivity contribution in [1.29, 1.82) is 0 Å². The fourth-order valence-electron chi connectivity index (χ4n) is 1.20. The highest BCUT2D eigenvalue weighted by Crippen LogP contribution is 2.01. The molecule has 1 atom stereocenters. The predicted molar refractivity (Wildman–Crippen MR) is 39.7 cm³/mol. The molecular formula is C7H14N2O. The molecule has 1 aliphatic heterocycles. The standard InChI is InChI=1S/C7H14N2O/c1-2-8-6-3-4-7(10)9-5-6/h6,8H,2-5H2,1H3,(H,9,10)/t6-/m0/s1. The minimum Gasteiger partial charge on any atom is -0.355 e. The SMILES string of the molecule is CCN[C@H]1CCC(=O)NC1. The molecule has 0 aliphatic carbocycles. The molecule has 1 aliphatic rings. The molecule has 1 rings (SSSR count). The molecule has 0 aromatic rings. The minimum atomic E-state index is 0.189. The van der Waals surface area contributed by atoms with Crippen LogP contribution >= 0.6 is 0 Å². The van der Waals surface area contributed by atoms with Crippen molar-refractivity contribution in [3.05, 3.63) is 0 Å². The van der Waals surface area contributed by atoms with Gasteiger partial charge in [0.15, 0.2) is 0 Å². The second kappa shape index (κ2) is 3.56. The van der Waals surface area contributed by atoms with E-state index in [4.69, 9.17) is 0 Å². The van der Waals surface area contributed by atoms with Crippen LogP contribution in [0.5, 0.6) is 0 Å². The van der Waals surface area contributed by atoms with E-state index in [1.165, 1.54) is 0 Å². The Morgan fingerprint density at radius 1 is 1.80 bits per heavy atom. The lowest BCUT2D eigenvalue weighted by molar-refractivity contribution is -0.122. The monoisotopic (exact) mass is 142 g/mol. The van der Waals surface area contributed by atoms with E-state index in [1.807, 2.05) is 0 Å². The molecule has 2 N–H and O–H groups in total. The number of piperidine rings is 1. The summed E-state index contributed by atoms with van der Waals surface area (Å²) >= 11 is 0. The molecule has 1 heterocycles. The number of carbonyl (C=O) groups excluding carboxylic acids is 1. The predicted octanol–water partition coefficient (Wildman–Crippen LogP) is -0.126. The zero-order chi connectivity index (χ0) is 7.40. The number of carbonyl (C=O) groups is 1. The average Bonchev–Trinajstić information content (AvgIpc) is 1.95. The van der Waals surface area contributed by atoms with Crippen molar-refractivity contribution >= 4 is 5.91 Å². The van der Waals surface area contributed by atoms with Gasteiger partial charge in [-0.3, -0.25) is 4.79 Å². The third-order valence-corrected chi connectivity index (χ3v) is 1.76. The summed E-state index contributed by atoms with van der Waals surface area (Å²) in [7, 11) is 0. The summed E-state index contributed by atoms with van der Waals surface area (Å²) in [5.74, 6) is 0.189. The molecule has 1 saturated heterocycles. The topological polar surface area (TPSA) is 41.1 Å². The quantitative estimate of drug-likeness (QED) is 0.564. The first kappa shape index (κ1) is 7.54. The van der Waals surface area contributed by atoms with Crippen molar-refractivity contribution in [3.8, 4) is 0 Å². The molecule has 0 unspecified atom stereocenters. The highest BCUT2D eigenvalue weighted by atomic mass is 16.1. The van der Waals surface area contributed by atoms with Gasteiger partial charge in [-0.15, -0.1) is 0 Å². The summed E-state index contributed by atoms with van der Waals surface area (Å²) in [5, 5.41) is 6.11. The summed E-state index contributed by atoms with van der Waals surface area (Å²) in [4.78, 5) is 10.7. The molecule has 10 heavy (non-hydrogen) atoms. The zero-order valence-corrected chi connectivity index (χ0v) is 6.31. The van der Waals surface area contributed by atoms with Crippen LogP contribution in [0, 0.1) is 0 Å². The van der Waals surface area contributed by atoms with Crippen LogP contribution in [0.15, 0.2) is 0 Å². The van der Waals surface area contributed by atoms with Crippen LogP contribution < -0.4 is 10.6 Å². The fourth-order valence-corrected chi connectivity index (χ4v) is 1.20. The van der Waals surface area contributed by atoms with E-state index in [-0.39, 0.29) is 5.91 Å². The van der Waals surface area contributed by atoms with Crippen molar-refractivity contribution in [3.63, 3.8) is 0 Å². The summed E-state index contributed by atoms with van der Waals surface area (Å²) in [6.07, 6.45) is 1.66. The van der Waals surface area contributed by atoms with Gasteiger partial charge in [0.25, 0.3) is 0 Å². The smallest absolute Gasteiger partial charge is 0.220 e. The normalized spacial score (nSPS) is 26.1. The highest BCUT2D eigenvalue weighted by molar-refractivity contribution is 5.76. The molecule has 0 spiro atoms. The van der Waals surface area contributed by atoms with E-state index < -0.39 is 0 Å². The Kier molecular flexibility index (Phi) is 2.68. The Labute approximate surface area is 61.2 Å². The number of hydrogen-bond acceptors (Lipinski definition) is 2. The fraction of sp³-hybridized carbons (Fsp3) is 0.857. The van der Waals surface area contributed by atoms with Crippen LogP contribution in [-0.4, -0.2) is 25.0 Å². The van der Waals surface area contributed by atoms with Gasteiger partial charge in [-0.1, -0.05) is 6.92 Å². The summed E-state index contributed by atoms with van der Waals surface area (Å²) in [6.45, 7) is 3.86. The first-order chi connectivity index (χ1) is 4.83. The Morgan fingerprint density at radius 2 is 2.60 bits per heavy atom. The van der Waals surface area contributed by atoms with Gasteiger partial charge in [0, 0.05) is 19.0 Å². The van der Waals surface area contributed by atoms with E-state index in [2.05, 4.69) is 17.6 Å². The molecule has 0 radical (unpaired) electrons. The summed E-state index contributed by atoms with van der Waals surface area (Å²) in [6, 6.07) is 0.502. The van der Waals surface area contributed by atoms with Crippen LogP contribution in [0.25, 0.3) is 0 Å². The van der Waals surface area contributed by atoms with Crippen molar-refractivity contribution in [1.82, 2.24) is 10.6 Å². The average molecular weight is 142 g/mol. The van der Waals surface area contributed by atoms with Gasteiger partial charge in [-0.2, -0.15) is 0 Å². The van der Waals surface area contributed by atoms with E-state index in [9.17, 15) is 4.79 Å². The lowest BCUT2D eigenvalue weighted by atomic mass is 10.1. The van der Waals surface area contributed by atoms with Gasteiger partial charge in [0.1, 0.15) is 0 Å². The van der Waals surface area contributed by atoms with E-state index >= 15 is 0 Å². The number of nitrogens with one attached hydrogen (secondary N) is 2. The van der Waals surface area contributed by atoms with Crippen molar-refractivity contribution in [2.75, 3.05) is 13.1 Å². The largest absolute Gasteiger partial charge is 0.355 e. The molecule has 0 aromatic carbocycles. The molecule has 3 heteroatoms. The molecule has 1 amide bonds. The molecule has 0 bridgehead atoms. The summed E-state index contributed by atoms with van der Waals surface area (Å²) < 4.78 is 0. The van der Waals surface area contributed by atoms with Crippen LogP contribution in [0.1, 0.15) is 19.8 Å². The van der Waals surface area contributed by atoms with Gasteiger partial charge in [0.2, 0.25) is 5.91 Å². The maximum absolute atomic E-state index is 10.7. The van der Waals surface area contributed by atoms with Gasteiger partial charge in [0.05, 0.1) is 0 Å². The summed E-state index contributed by atoms with van der Waals surface area (Å²) in [5.41, 5.74) is 0. The first-order valence-electron chi connectivity index (χ1n) is 3.83.